The van der Waals surface area contributed by atoms with Gasteiger partial charge < -0.3 is 10.1 Å². The molecule has 2 N–H and O–H groups in total. The zero-order valence-corrected chi connectivity index (χ0v) is 13.6. The molecule has 1 aromatic carbocycles. The van der Waals surface area contributed by atoms with Gasteiger partial charge in [0.1, 0.15) is 12.2 Å². The molecule has 0 aliphatic rings. The molecule has 0 radical (unpaired) electrons. The van der Waals surface area contributed by atoms with Gasteiger partial charge in [0, 0.05) is 10.0 Å². The Labute approximate surface area is 142 Å². The summed E-state index contributed by atoms with van der Waals surface area (Å²) in [5.74, 6) is -1.94. The number of esters is 1. The molecule has 0 atom stereocenters. The van der Waals surface area contributed by atoms with Gasteiger partial charge in [0.25, 0.3) is 5.91 Å². The molecule has 6 nitrogen and oxygen atoms in total. The summed E-state index contributed by atoms with van der Waals surface area (Å²) in [6.45, 7) is -2.30. The maximum Gasteiger partial charge on any atom is 0.405 e. The van der Waals surface area contributed by atoms with Crippen LogP contribution in [0.1, 0.15) is 10.5 Å². The Morgan fingerprint density at radius 2 is 1.92 bits per heavy atom. The zero-order valence-electron chi connectivity index (χ0n) is 12.0. The highest BCUT2D eigenvalue weighted by molar-refractivity contribution is 9.10. The number of hydrogen-bond donors (Lipinski definition) is 2. The Morgan fingerprint density at radius 3 is 2.54 bits per heavy atom. The number of aromatic nitrogens is 2. The Hall–Kier alpha value is -2.36. The molecule has 0 unspecified atom stereocenters. The normalized spacial score (nSPS) is 11.2. The lowest BCUT2D eigenvalue weighted by atomic mass is 10.1. The van der Waals surface area contributed by atoms with Crippen LogP contribution < -0.4 is 5.32 Å². The predicted molar refractivity (Wildman–Crippen MR) is 81.1 cm³/mol. The van der Waals surface area contributed by atoms with Crippen LogP contribution in [0.5, 0.6) is 0 Å². The third-order valence-electron chi connectivity index (χ3n) is 2.76. The van der Waals surface area contributed by atoms with Crippen molar-refractivity contribution < 1.29 is 27.5 Å². The summed E-state index contributed by atoms with van der Waals surface area (Å²) >= 11 is 3.29. The fourth-order valence-electron chi connectivity index (χ4n) is 1.65. The van der Waals surface area contributed by atoms with Crippen molar-refractivity contribution in [2.75, 3.05) is 13.2 Å². The predicted octanol–water partition coefficient (Wildman–Crippen LogP) is 2.67. The van der Waals surface area contributed by atoms with Crippen molar-refractivity contribution in [3.63, 3.8) is 0 Å². The fraction of sp³-hybridized carbons (Fsp3) is 0.214. The number of hydrogen-bond acceptors (Lipinski definition) is 4. The number of benzene rings is 1. The molecule has 2 aromatic rings. The van der Waals surface area contributed by atoms with E-state index in [4.69, 9.17) is 0 Å². The van der Waals surface area contributed by atoms with Crippen molar-refractivity contribution in [1.82, 2.24) is 15.5 Å². The Kier molecular flexibility index (Phi) is 5.60. The molecule has 0 aliphatic carbocycles. The van der Waals surface area contributed by atoms with E-state index in [0.29, 0.717) is 5.69 Å². The zero-order chi connectivity index (χ0) is 17.7. The van der Waals surface area contributed by atoms with E-state index < -0.39 is 31.2 Å². The standard InChI is InChI=1S/C14H11BrF3N3O3/c15-9-3-1-8(2-4-9)10-5-11(21-20-10)13(23)24-6-12(22)19-7-14(16,17)18/h1-5H,6-7H2,(H,19,22)(H,20,21). The highest BCUT2D eigenvalue weighted by atomic mass is 79.9. The van der Waals surface area contributed by atoms with Crippen molar-refractivity contribution in [2.24, 2.45) is 0 Å². The highest BCUT2D eigenvalue weighted by Crippen LogP contribution is 2.20. The average Bonchev–Trinajstić information content (AvgIpc) is 3.00. The van der Waals surface area contributed by atoms with Crippen molar-refractivity contribution in [3.05, 3.63) is 40.5 Å². The van der Waals surface area contributed by atoms with Crippen LogP contribution in [-0.4, -0.2) is 41.4 Å². The SMILES string of the molecule is O=C(COC(=O)c1cc(-c2ccc(Br)cc2)n[nH]1)NCC(F)(F)F. The van der Waals surface area contributed by atoms with Crippen LogP contribution in [0.3, 0.4) is 0 Å². The minimum Gasteiger partial charge on any atom is -0.451 e. The van der Waals surface area contributed by atoms with E-state index in [0.717, 1.165) is 10.0 Å². The van der Waals surface area contributed by atoms with E-state index in [-0.39, 0.29) is 5.69 Å². The van der Waals surface area contributed by atoms with Gasteiger partial charge in [-0.05, 0) is 18.2 Å². The molecule has 24 heavy (non-hydrogen) atoms. The summed E-state index contributed by atoms with van der Waals surface area (Å²) in [6, 6.07) is 8.57. The summed E-state index contributed by atoms with van der Waals surface area (Å²) < 4.78 is 41.3. The number of H-pyrrole nitrogens is 1. The van der Waals surface area contributed by atoms with Gasteiger partial charge in [-0.2, -0.15) is 18.3 Å². The largest absolute Gasteiger partial charge is 0.451 e. The summed E-state index contributed by atoms with van der Waals surface area (Å²) in [5, 5.41) is 7.99. The van der Waals surface area contributed by atoms with Crippen molar-refractivity contribution >= 4 is 27.8 Å². The smallest absolute Gasteiger partial charge is 0.405 e. The van der Waals surface area contributed by atoms with E-state index >= 15 is 0 Å². The van der Waals surface area contributed by atoms with Crippen molar-refractivity contribution in [1.29, 1.82) is 0 Å². The van der Waals surface area contributed by atoms with Crippen LogP contribution >= 0.6 is 15.9 Å². The van der Waals surface area contributed by atoms with Gasteiger partial charge in [-0.25, -0.2) is 4.79 Å². The maximum absolute atomic E-state index is 11.9. The van der Waals surface area contributed by atoms with Crippen LogP contribution in [0.15, 0.2) is 34.8 Å². The molecule has 1 amide bonds. The molecule has 0 bridgehead atoms. The number of alkyl halides is 3. The summed E-state index contributed by atoms with van der Waals surface area (Å²) in [4.78, 5) is 22.9. The van der Waals surface area contributed by atoms with Gasteiger partial charge in [0.05, 0.1) is 5.69 Å². The molecule has 0 saturated carbocycles. The molecule has 1 aromatic heterocycles. The number of aromatic amines is 1. The topological polar surface area (TPSA) is 84.1 Å². The first-order chi connectivity index (χ1) is 11.2. The van der Waals surface area contributed by atoms with Crippen molar-refractivity contribution in [2.45, 2.75) is 6.18 Å². The van der Waals surface area contributed by atoms with Crippen LogP contribution in [0, 0.1) is 0 Å². The van der Waals surface area contributed by atoms with Gasteiger partial charge in [-0.1, -0.05) is 28.1 Å². The minimum absolute atomic E-state index is 0.0171. The third kappa shape index (κ3) is 5.37. The molecule has 0 aliphatic heterocycles. The third-order valence-corrected chi connectivity index (χ3v) is 3.29. The molecule has 0 saturated heterocycles. The van der Waals surface area contributed by atoms with E-state index in [1.54, 1.807) is 29.6 Å². The number of carbonyl (C=O) groups is 2. The van der Waals surface area contributed by atoms with Crippen LogP contribution in [0.2, 0.25) is 0 Å². The lowest BCUT2D eigenvalue weighted by Gasteiger charge is -2.08. The van der Waals surface area contributed by atoms with E-state index in [2.05, 4.69) is 30.9 Å². The molecule has 2 rings (SSSR count). The van der Waals surface area contributed by atoms with Gasteiger partial charge in [0.15, 0.2) is 6.61 Å². The fourth-order valence-corrected chi connectivity index (χ4v) is 1.92. The molecule has 0 spiro atoms. The second-order valence-electron chi connectivity index (χ2n) is 4.64. The number of rotatable bonds is 5. The number of nitrogens with one attached hydrogen (secondary N) is 2. The maximum atomic E-state index is 11.9. The summed E-state index contributed by atoms with van der Waals surface area (Å²) in [5.41, 5.74) is 1.21. The highest BCUT2D eigenvalue weighted by Gasteiger charge is 2.27. The first-order valence-electron chi connectivity index (χ1n) is 6.56. The van der Waals surface area contributed by atoms with Gasteiger partial charge in [-0.3, -0.25) is 9.89 Å². The molecule has 1 heterocycles. The Morgan fingerprint density at radius 1 is 1.25 bits per heavy atom. The molecular formula is C14H11BrF3N3O3. The van der Waals surface area contributed by atoms with Gasteiger partial charge in [-0.15, -0.1) is 0 Å². The number of nitrogens with zero attached hydrogens (tertiary/aromatic N) is 1. The lowest BCUT2D eigenvalue weighted by molar-refractivity contribution is -0.140. The average molecular weight is 406 g/mol. The number of halogens is 4. The van der Waals surface area contributed by atoms with E-state index in [9.17, 15) is 22.8 Å². The Balaban J connectivity index is 1.89. The van der Waals surface area contributed by atoms with Gasteiger partial charge >= 0.3 is 12.1 Å². The van der Waals surface area contributed by atoms with E-state index in [1.807, 2.05) is 0 Å². The van der Waals surface area contributed by atoms with Crippen molar-refractivity contribution in [3.8, 4) is 11.3 Å². The molecule has 10 heteroatoms. The van der Waals surface area contributed by atoms with Crippen LogP contribution in [-0.2, 0) is 9.53 Å². The lowest BCUT2D eigenvalue weighted by Crippen LogP contribution is -2.36. The quantitative estimate of drug-likeness (QED) is 0.749. The summed E-state index contributed by atoms with van der Waals surface area (Å²) in [7, 11) is 0. The Bertz CT molecular complexity index is 729. The molecule has 128 valence electrons. The molecular weight excluding hydrogens is 395 g/mol. The monoisotopic (exact) mass is 405 g/mol. The van der Waals surface area contributed by atoms with Gasteiger partial charge in [0.2, 0.25) is 0 Å². The number of ether oxygens (including phenoxy) is 1. The second-order valence-corrected chi connectivity index (χ2v) is 5.56. The van der Waals surface area contributed by atoms with E-state index in [1.165, 1.54) is 6.07 Å². The van der Waals surface area contributed by atoms with Crippen LogP contribution in [0.25, 0.3) is 11.3 Å². The number of amides is 1. The first-order valence-corrected chi connectivity index (χ1v) is 7.36. The minimum atomic E-state index is -4.53. The summed E-state index contributed by atoms with van der Waals surface area (Å²) in [6.07, 6.45) is -4.53. The molecule has 0 fully saturated rings. The first kappa shape index (κ1) is 18.0. The van der Waals surface area contributed by atoms with Crippen LogP contribution in [0.4, 0.5) is 13.2 Å². The number of carbonyl (C=O) groups excluding carboxylic acids is 2. The second kappa shape index (κ2) is 7.47.